The van der Waals surface area contributed by atoms with Crippen molar-refractivity contribution in [1.29, 1.82) is 0 Å². The molecule has 1 fully saturated rings. The van der Waals surface area contributed by atoms with Crippen molar-refractivity contribution in [2.45, 2.75) is 51.4 Å². The molecule has 0 saturated carbocycles. The van der Waals surface area contributed by atoms with Gasteiger partial charge in [-0.05, 0) is 25.8 Å². The van der Waals surface area contributed by atoms with Gasteiger partial charge in [-0.1, -0.05) is 30.3 Å². The van der Waals surface area contributed by atoms with Gasteiger partial charge in [0.1, 0.15) is 0 Å². The van der Waals surface area contributed by atoms with Crippen LogP contribution in [0.15, 0.2) is 36.5 Å². The molecule has 32 heavy (non-hydrogen) atoms. The number of aromatic nitrogens is 2. The number of nitrogens with one attached hydrogen (secondary N) is 2. The standard InChI is InChI=1S/C23H30N6O3/c1-15(31)28-10-9-17(12-28)25-21-24-11-18-19(26-21)13-29(23(18,2)3)22(32)27-20(14-30)16-7-5-4-6-8-16/h4-8,11,17,20,30H,9-10,12-14H2,1-3H3,(H,27,32)(H,24,25,26)/t17-,20-/m1/s1. The molecule has 2 aromatic rings. The van der Waals surface area contributed by atoms with Crippen LogP contribution in [-0.4, -0.2) is 62.6 Å². The van der Waals surface area contributed by atoms with Crippen LogP contribution >= 0.6 is 0 Å². The van der Waals surface area contributed by atoms with Gasteiger partial charge in [0.25, 0.3) is 0 Å². The fraction of sp³-hybridized carbons (Fsp3) is 0.478. The molecule has 170 valence electrons. The fourth-order valence-corrected chi connectivity index (χ4v) is 4.43. The van der Waals surface area contributed by atoms with Gasteiger partial charge in [0.2, 0.25) is 11.9 Å². The first kappa shape index (κ1) is 22.0. The van der Waals surface area contributed by atoms with Gasteiger partial charge in [0.15, 0.2) is 0 Å². The lowest BCUT2D eigenvalue weighted by Crippen LogP contribution is -2.47. The number of aliphatic hydroxyl groups excluding tert-OH is 1. The maximum Gasteiger partial charge on any atom is 0.319 e. The van der Waals surface area contributed by atoms with Crippen molar-refractivity contribution >= 4 is 17.9 Å². The summed E-state index contributed by atoms with van der Waals surface area (Å²) in [4.78, 5) is 37.4. The Hall–Kier alpha value is -3.20. The molecule has 2 aliphatic rings. The Bertz CT molecular complexity index is 996. The minimum atomic E-state index is -0.590. The van der Waals surface area contributed by atoms with E-state index in [4.69, 9.17) is 0 Å². The number of nitrogens with zero attached hydrogens (tertiary/aromatic N) is 4. The van der Waals surface area contributed by atoms with Gasteiger partial charge in [0.05, 0.1) is 30.4 Å². The second kappa shape index (κ2) is 8.74. The minimum Gasteiger partial charge on any atom is -0.394 e. The largest absolute Gasteiger partial charge is 0.394 e. The zero-order chi connectivity index (χ0) is 22.9. The van der Waals surface area contributed by atoms with Crippen molar-refractivity contribution < 1.29 is 14.7 Å². The van der Waals surface area contributed by atoms with Crippen LogP contribution in [0.5, 0.6) is 0 Å². The Labute approximate surface area is 187 Å². The van der Waals surface area contributed by atoms with Gasteiger partial charge in [-0.3, -0.25) is 4.79 Å². The molecule has 2 atom stereocenters. The molecule has 3 N–H and O–H groups in total. The molecule has 9 heteroatoms. The van der Waals surface area contributed by atoms with Crippen LogP contribution in [0.1, 0.15) is 50.1 Å². The fourth-order valence-electron chi connectivity index (χ4n) is 4.43. The lowest BCUT2D eigenvalue weighted by Gasteiger charge is -2.33. The second-order valence-corrected chi connectivity index (χ2v) is 8.89. The van der Waals surface area contributed by atoms with Crippen LogP contribution in [-0.2, 0) is 16.9 Å². The molecular weight excluding hydrogens is 408 g/mol. The average Bonchev–Trinajstić information content (AvgIpc) is 3.34. The molecule has 4 rings (SSSR count). The first-order valence-corrected chi connectivity index (χ1v) is 10.9. The van der Waals surface area contributed by atoms with E-state index in [1.54, 1.807) is 18.0 Å². The summed E-state index contributed by atoms with van der Waals surface area (Å²) in [5.74, 6) is 0.582. The van der Waals surface area contributed by atoms with E-state index in [9.17, 15) is 14.7 Å². The molecule has 0 bridgehead atoms. The summed E-state index contributed by atoms with van der Waals surface area (Å²) in [6.07, 6.45) is 2.62. The van der Waals surface area contributed by atoms with Crippen LogP contribution in [0, 0.1) is 0 Å². The lowest BCUT2D eigenvalue weighted by molar-refractivity contribution is -0.127. The van der Waals surface area contributed by atoms with Crippen LogP contribution in [0.25, 0.3) is 0 Å². The topological polar surface area (TPSA) is 111 Å². The molecule has 3 heterocycles. The minimum absolute atomic E-state index is 0.0734. The third-order valence-corrected chi connectivity index (χ3v) is 6.40. The van der Waals surface area contributed by atoms with Crippen LogP contribution in [0.2, 0.25) is 0 Å². The zero-order valence-corrected chi connectivity index (χ0v) is 18.7. The van der Waals surface area contributed by atoms with E-state index in [1.165, 1.54) is 0 Å². The summed E-state index contributed by atoms with van der Waals surface area (Å²) in [5.41, 5.74) is 1.95. The number of anilines is 1. The highest BCUT2D eigenvalue weighted by Crippen LogP contribution is 2.38. The number of aliphatic hydroxyl groups is 1. The maximum atomic E-state index is 13.1. The highest BCUT2D eigenvalue weighted by atomic mass is 16.3. The molecule has 0 radical (unpaired) electrons. The van der Waals surface area contributed by atoms with E-state index in [-0.39, 0.29) is 24.6 Å². The van der Waals surface area contributed by atoms with Gasteiger partial charge in [-0.2, -0.15) is 0 Å². The van der Waals surface area contributed by atoms with Gasteiger partial charge in [0, 0.05) is 37.8 Å². The maximum absolute atomic E-state index is 13.1. The molecule has 0 spiro atoms. The number of rotatable bonds is 5. The second-order valence-electron chi connectivity index (χ2n) is 8.89. The van der Waals surface area contributed by atoms with E-state index in [1.807, 2.05) is 49.1 Å². The number of urea groups is 1. The van der Waals surface area contributed by atoms with E-state index < -0.39 is 11.6 Å². The average molecular weight is 439 g/mol. The molecular formula is C23H30N6O3. The van der Waals surface area contributed by atoms with Crippen molar-refractivity contribution in [2.24, 2.45) is 0 Å². The van der Waals surface area contributed by atoms with E-state index in [0.29, 0.717) is 19.0 Å². The molecule has 1 aromatic carbocycles. The highest BCUT2D eigenvalue weighted by Gasteiger charge is 2.42. The van der Waals surface area contributed by atoms with Crippen LogP contribution in [0.4, 0.5) is 10.7 Å². The van der Waals surface area contributed by atoms with Crippen molar-refractivity contribution in [3.63, 3.8) is 0 Å². The highest BCUT2D eigenvalue weighted by molar-refractivity contribution is 5.77. The summed E-state index contributed by atoms with van der Waals surface area (Å²) in [7, 11) is 0. The third kappa shape index (κ3) is 4.25. The van der Waals surface area contributed by atoms with Crippen molar-refractivity contribution in [1.82, 2.24) is 25.1 Å². The van der Waals surface area contributed by atoms with E-state index in [2.05, 4.69) is 20.6 Å². The third-order valence-electron chi connectivity index (χ3n) is 6.40. The van der Waals surface area contributed by atoms with Crippen molar-refractivity contribution in [2.75, 3.05) is 25.0 Å². The monoisotopic (exact) mass is 438 g/mol. The van der Waals surface area contributed by atoms with Crippen LogP contribution in [0.3, 0.4) is 0 Å². The van der Waals surface area contributed by atoms with Crippen LogP contribution < -0.4 is 10.6 Å². The number of likely N-dealkylation sites (tertiary alicyclic amines) is 1. The zero-order valence-electron chi connectivity index (χ0n) is 18.7. The lowest BCUT2D eigenvalue weighted by atomic mass is 9.97. The van der Waals surface area contributed by atoms with Crippen molar-refractivity contribution in [3.05, 3.63) is 53.3 Å². The number of fused-ring (bicyclic) bond motifs is 1. The summed E-state index contributed by atoms with van der Waals surface area (Å²) < 4.78 is 0. The summed E-state index contributed by atoms with van der Waals surface area (Å²) in [6.45, 7) is 7.03. The summed E-state index contributed by atoms with van der Waals surface area (Å²) >= 11 is 0. The number of carbonyl (C=O) groups excluding carboxylic acids is 2. The first-order chi connectivity index (χ1) is 15.3. The van der Waals surface area contributed by atoms with Gasteiger partial charge in [-0.15, -0.1) is 0 Å². The Balaban J connectivity index is 1.46. The Morgan fingerprint density at radius 3 is 2.69 bits per heavy atom. The number of hydrogen-bond acceptors (Lipinski definition) is 6. The Morgan fingerprint density at radius 2 is 2.03 bits per heavy atom. The SMILES string of the molecule is CC(=O)N1CC[C@@H](Nc2ncc3c(n2)CN(C(=O)N[C@H](CO)c2ccccc2)C3(C)C)C1. The number of benzene rings is 1. The summed E-state index contributed by atoms with van der Waals surface area (Å²) in [5, 5.41) is 16.1. The predicted octanol–water partition coefficient (Wildman–Crippen LogP) is 2.00. The quantitative estimate of drug-likeness (QED) is 0.659. The smallest absolute Gasteiger partial charge is 0.319 e. The Morgan fingerprint density at radius 1 is 1.28 bits per heavy atom. The van der Waals surface area contributed by atoms with Gasteiger partial charge < -0.3 is 25.5 Å². The normalized spacial score (nSPS) is 20.1. The number of hydrogen-bond donors (Lipinski definition) is 3. The molecule has 0 aliphatic carbocycles. The molecule has 2 aliphatic heterocycles. The molecule has 1 aromatic heterocycles. The van der Waals surface area contributed by atoms with Gasteiger partial charge >= 0.3 is 6.03 Å². The number of carbonyl (C=O) groups is 2. The molecule has 1 saturated heterocycles. The number of amides is 3. The first-order valence-electron chi connectivity index (χ1n) is 10.9. The summed E-state index contributed by atoms with van der Waals surface area (Å²) in [6, 6.07) is 8.77. The van der Waals surface area contributed by atoms with E-state index >= 15 is 0 Å². The molecule has 9 nitrogen and oxygen atoms in total. The Kier molecular flexibility index (Phi) is 6.01. The molecule has 3 amide bonds. The van der Waals surface area contributed by atoms with Crippen molar-refractivity contribution in [3.8, 4) is 0 Å². The van der Waals surface area contributed by atoms with E-state index in [0.717, 1.165) is 29.8 Å². The van der Waals surface area contributed by atoms with Gasteiger partial charge in [-0.25, -0.2) is 14.8 Å². The molecule has 0 unspecified atom stereocenters. The predicted molar refractivity (Wildman–Crippen MR) is 120 cm³/mol.